The van der Waals surface area contributed by atoms with Gasteiger partial charge in [-0.3, -0.25) is 29.0 Å². The standard InChI is InChI=1S/C29H34N2O4/c1-5-9-28(3)11-7-16-13-18(28)22-20(16)24(32)30(26(22)34)15-31-25(33)21-17-8-12-29(4,10-6-2)19(14-17)23(21)27(31)35/h5-8,11-12,16-23H,1-2,9-10,13-15H2,3-4H3. The normalized spacial score (nSPS) is 47.0. The van der Waals surface area contributed by atoms with Gasteiger partial charge in [-0.2, -0.15) is 0 Å². The van der Waals surface area contributed by atoms with Crippen LogP contribution in [0.25, 0.3) is 0 Å². The van der Waals surface area contributed by atoms with Gasteiger partial charge in [-0.25, -0.2) is 0 Å². The molecule has 0 aromatic heterocycles. The van der Waals surface area contributed by atoms with Crippen molar-refractivity contribution < 1.29 is 19.2 Å². The van der Waals surface area contributed by atoms with Gasteiger partial charge in [-0.05, 0) is 60.2 Å². The van der Waals surface area contributed by atoms with E-state index in [2.05, 4.69) is 51.3 Å². The molecule has 0 N–H and O–H groups in total. The number of allylic oxidation sites excluding steroid dienone is 6. The van der Waals surface area contributed by atoms with Crippen molar-refractivity contribution in [2.45, 2.75) is 39.5 Å². The Morgan fingerprint density at radius 2 is 1.11 bits per heavy atom. The fourth-order valence-corrected chi connectivity index (χ4v) is 8.64. The molecule has 10 atom stereocenters. The summed E-state index contributed by atoms with van der Waals surface area (Å²) in [6.45, 7) is 11.8. The Balaban J connectivity index is 1.26. The quantitative estimate of drug-likeness (QED) is 0.434. The number of imide groups is 2. The van der Waals surface area contributed by atoms with Gasteiger partial charge in [-0.15, -0.1) is 13.2 Å². The van der Waals surface area contributed by atoms with Crippen molar-refractivity contribution >= 4 is 23.6 Å². The van der Waals surface area contributed by atoms with Crippen molar-refractivity contribution in [3.05, 3.63) is 49.6 Å². The molecule has 2 saturated carbocycles. The second-order valence-electron chi connectivity index (χ2n) is 12.2. The molecular formula is C29H34N2O4. The van der Waals surface area contributed by atoms with Crippen LogP contribution in [0.5, 0.6) is 0 Å². The molecule has 35 heavy (non-hydrogen) atoms. The zero-order valence-corrected chi connectivity index (χ0v) is 20.6. The van der Waals surface area contributed by atoms with E-state index in [0.717, 1.165) is 25.7 Å². The number of carbonyl (C=O) groups is 4. The van der Waals surface area contributed by atoms with Crippen molar-refractivity contribution in [3.8, 4) is 0 Å². The summed E-state index contributed by atoms with van der Waals surface area (Å²) in [6.07, 6.45) is 15.4. The van der Waals surface area contributed by atoms with E-state index in [9.17, 15) is 19.2 Å². The summed E-state index contributed by atoms with van der Waals surface area (Å²) in [7, 11) is 0. The summed E-state index contributed by atoms with van der Waals surface area (Å²) >= 11 is 0. The lowest BCUT2D eigenvalue weighted by molar-refractivity contribution is -0.150. The Morgan fingerprint density at radius 3 is 1.49 bits per heavy atom. The molecule has 6 nitrogen and oxygen atoms in total. The van der Waals surface area contributed by atoms with Crippen LogP contribution in [0.4, 0.5) is 0 Å². The molecule has 4 amide bonds. The summed E-state index contributed by atoms with van der Waals surface area (Å²) in [5, 5.41) is 0. The largest absolute Gasteiger partial charge is 0.274 e. The van der Waals surface area contributed by atoms with E-state index >= 15 is 0 Å². The van der Waals surface area contributed by atoms with Crippen LogP contribution in [0.1, 0.15) is 39.5 Å². The van der Waals surface area contributed by atoms with Gasteiger partial charge in [0.15, 0.2) is 0 Å². The van der Waals surface area contributed by atoms with Crippen LogP contribution >= 0.6 is 0 Å². The lowest BCUT2D eigenvalue weighted by Gasteiger charge is -2.38. The maximum Gasteiger partial charge on any atom is 0.235 e. The maximum absolute atomic E-state index is 13.6. The topological polar surface area (TPSA) is 74.8 Å². The third kappa shape index (κ3) is 2.82. The number of rotatable bonds is 6. The Morgan fingerprint density at radius 1 is 0.743 bits per heavy atom. The highest BCUT2D eigenvalue weighted by Crippen LogP contribution is 2.60. The molecule has 6 heteroatoms. The summed E-state index contributed by atoms with van der Waals surface area (Å²) in [5.41, 5.74) is -0.418. The number of hydrogen-bond donors (Lipinski definition) is 0. The molecule has 6 aliphatic rings. The Hall–Kier alpha value is -2.76. The second kappa shape index (κ2) is 7.37. The molecule has 10 unspecified atom stereocenters. The maximum atomic E-state index is 13.6. The monoisotopic (exact) mass is 474 g/mol. The fraction of sp³-hybridized carbons (Fsp3) is 0.586. The average molecular weight is 475 g/mol. The van der Waals surface area contributed by atoms with Crippen LogP contribution in [0.3, 0.4) is 0 Å². The van der Waals surface area contributed by atoms with Gasteiger partial charge in [0, 0.05) is 0 Å². The van der Waals surface area contributed by atoms with Crippen molar-refractivity contribution in [1.82, 2.24) is 9.80 Å². The van der Waals surface area contributed by atoms with E-state index in [1.54, 1.807) is 0 Å². The number of amides is 4. The molecule has 2 heterocycles. The molecular weight excluding hydrogens is 440 g/mol. The fourth-order valence-electron chi connectivity index (χ4n) is 8.64. The summed E-state index contributed by atoms with van der Waals surface area (Å²) in [6, 6.07) is 0. The molecule has 2 saturated heterocycles. The highest BCUT2D eigenvalue weighted by atomic mass is 16.2. The van der Waals surface area contributed by atoms with Gasteiger partial charge in [-0.1, -0.05) is 50.3 Å². The summed E-state index contributed by atoms with van der Waals surface area (Å²) in [4.78, 5) is 56.8. The first-order valence-electron chi connectivity index (χ1n) is 13.0. The van der Waals surface area contributed by atoms with Crippen molar-refractivity contribution in [1.29, 1.82) is 0 Å². The first-order chi connectivity index (χ1) is 16.6. The van der Waals surface area contributed by atoms with E-state index in [-0.39, 0.29) is 76.6 Å². The van der Waals surface area contributed by atoms with E-state index in [4.69, 9.17) is 0 Å². The van der Waals surface area contributed by atoms with E-state index in [1.165, 1.54) is 9.80 Å². The van der Waals surface area contributed by atoms with E-state index in [1.807, 2.05) is 12.2 Å². The molecule has 0 aromatic carbocycles. The SMILES string of the molecule is C=CCC1(C)C=CC2CC1C1C(=O)N(CN3C(=O)C4C5C=CC(C)(CC=C)C(C5)C4C3=O)C(=O)C21. The molecule has 0 radical (unpaired) electrons. The number of carbonyl (C=O) groups excluding carboxylic acids is 4. The predicted octanol–water partition coefficient (Wildman–Crippen LogP) is 3.72. The second-order valence-corrected chi connectivity index (χ2v) is 12.2. The lowest BCUT2D eigenvalue weighted by Crippen LogP contribution is -2.47. The van der Waals surface area contributed by atoms with Crippen LogP contribution < -0.4 is 0 Å². The Labute approximate surface area is 206 Å². The van der Waals surface area contributed by atoms with E-state index in [0.29, 0.717) is 0 Å². The molecule has 2 aliphatic heterocycles. The molecule has 4 fully saturated rings. The van der Waals surface area contributed by atoms with Crippen LogP contribution in [-0.2, 0) is 19.2 Å². The summed E-state index contributed by atoms with van der Waals surface area (Å²) < 4.78 is 0. The van der Waals surface area contributed by atoms with E-state index < -0.39 is 11.8 Å². The third-order valence-electron chi connectivity index (χ3n) is 10.4. The predicted molar refractivity (Wildman–Crippen MR) is 130 cm³/mol. The van der Waals surface area contributed by atoms with Gasteiger partial charge in [0.2, 0.25) is 23.6 Å². The van der Waals surface area contributed by atoms with Crippen LogP contribution in [0.2, 0.25) is 0 Å². The smallest absolute Gasteiger partial charge is 0.235 e. The van der Waals surface area contributed by atoms with Crippen LogP contribution in [0.15, 0.2) is 49.6 Å². The molecule has 6 rings (SSSR count). The van der Waals surface area contributed by atoms with Crippen LogP contribution in [0, 0.1) is 58.2 Å². The first kappa shape index (κ1) is 22.7. The zero-order valence-electron chi connectivity index (χ0n) is 20.6. The van der Waals surface area contributed by atoms with Crippen molar-refractivity contribution in [2.24, 2.45) is 58.2 Å². The average Bonchev–Trinajstić information content (AvgIpc) is 3.48. The number of nitrogens with zero attached hydrogens (tertiary/aromatic N) is 2. The molecule has 0 aromatic rings. The van der Waals surface area contributed by atoms with Gasteiger partial charge in [0.25, 0.3) is 0 Å². The minimum Gasteiger partial charge on any atom is -0.274 e. The van der Waals surface area contributed by atoms with Crippen molar-refractivity contribution in [3.63, 3.8) is 0 Å². The van der Waals surface area contributed by atoms with Crippen LogP contribution in [-0.4, -0.2) is 40.1 Å². The molecule has 4 bridgehead atoms. The molecule has 0 spiro atoms. The van der Waals surface area contributed by atoms with Gasteiger partial charge in [0.05, 0.1) is 23.7 Å². The Bertz CT molecular complexity index is 1040. The van der Waals surface area contributed by atoms with Gasteiger partial charge < -0.3 is 0 Å². The van der Waals surface area contributed by atoms with Gasteiger partial charge >= 0.3 is 0 Å². The lowest BCUT2D eigenvalue weighted by atomic mass is 9.67. The highest BCUT2D eigenvalue weighted by Gasteiger charge is 2.65. The zero-order chi connectivity index (χ0) is 24.9. The van der Waals surface area contributed by atoms with Crippen molar-refractivity contribution in [2.75, 3.05) is 6.67 Å². The third-order valence-corrected chi connectivity index (χ3v) is 10.4. The number of hydrogen-bond acceptors (Lipinski definition) is 4. The molecule has 4 aliphatic carbocycles. The minimum atomic E-state index is -0.391. The highest BCUT2D eigenvalue weighted by molar-refractivity contribution is 6.09. The molecule has 184 valence electrons. The first-order valence-corrected chi connectivity index (χ1v) is 13.0. The minimum absolute atomic E-state index is 0.0396. The van der Waals surface area contributed by atoms with Gasteiger partial charge in [0.1, 0.15) is 6.67 Å². The number of fused-ring (bicyclic) bond motifs is 10. The summed E-state index contributed by atoms with van der Waals surface area (Å²) in [5.74, 6) is -2.25. The Kier molecular flexibility index (Phi) is 4.78. The number of likely N-dealkylation sites (tertiary alicyclic amines) is 2.